The summed E-state index contributed by atoms with van der Waals surface area (Å²) in [7, 11) is 0. The molecule has 0 radical (unpaired) electrons. The Morgan fingerprint density at radius 3 is 2.44 bits per heavy atom. The number of nitrogens with zero attached hydrogens (tertiary/aromatic N) is 2. The first-order valence-corrected chi connectivity index (χ1v) is 5.61. The van der Waals surface area contributed by atoms with Crippen LogP contribution in [0.2, 0.25) is 0 Å². The molecule has 16 heavy (non-hydrogen) atoms. The Labute approximate surface area is 95.9 Å². The Hall–Kier alpha value is -1.58. The molecule has 4 heteroatoms. The van der Waals surface area contributed by atoms with E-state index < -0.39 is 5.97 Å². The van der Waals surface area contributed by atoms with Gasteiger partial charge in [0.1, 0.15) is 5.82 Å². The minimum Gasteiger partial charge on any atom is -0.478 e. The topological polar surface area (TPSA) is 53.4 Å². The number of rotatable bonds is 5. The summed E-state index contributed by atoms with van der Waals surface area (Å²) in [5, 5.41) is 8.90. The molecule has 1 rings (SSSR count). The summed E-state index contributed by atoms with van der Waals surface area (Å²) in [5.41, 5.74) is 1.25. The maximum atomic E-state index is 10.8. The number of hydrogen-bond acceptors (Lipinski definition) is 3. The Kier molecular flexibility index (Phi) is 4.28. The number of aromatic carboxylic acids is 1. The zero-order valence-electron chi connectivity index (χ0n) is 10.0. The van der Waals surface area contributed by atoms with Gasteiger partial charge >= 0.3 is 5.97 Å². The lowest BCUT2D eigenvalue weighted by atomic mass is 10.1. The lowest BCUT2D eigenvalue weighted by Crippen LogP contribution is -2.24. The van der Waals surface area contributed by atoms with Crippen LogP contribution in [0.1, 0.15) is 36.7 Å². The highest BCUT2D eigenvalue weighted by atomic mass is 16.4. The van der Waals surface area contributed by atoms with Gasteiger partial charge in [-0.25, -0.2) is 9.78 Å². The highest BCUT2D eigenvalue weighted by molar-refractivity contribution is 5.87. The van der Waals surface area contributed by atoms with Crippen LogP contribution in [0.25, 0.3) is 0 Å². The average molecular weight is 222 g/mol. The molecule has 0 bridgehead atoms. The average Bonchev–Trinajstić information content (AvgIpc) is 2.30. The number of pyridine rings is 1. The fraction of sp³-hybridized carbons (Fsp3) is 0.500. The predicted molar refractivity (Wildman–Crippen MR) is 64.1 cm³/mol. The van der Waals surface area contributed by atoms with E-state index in [1.165, 1.54) is 6.20 Å². The van der Waals surface area contributed by atoms with Crippen LogP contribution in [0.15, 0.2) is 12.3 Å². The van der Waals surface area contributed by atoms with Crippen molar-refractivity contribution in [1.82, 2.24) is 4.98 Å². The van der Waals surface area contributed by atoms with E-state index in [1.54, 1.807) is 6.07 Å². The smallest absolute Gasteiger partial charge is 0.337 e. The second-order valence-electron chi connectivity index (χ2n) is 3.54. The van der Waals surface area contributed by atoms with Crippen molar-refractivity contribution in [2.45, 2.75) is 27.2 Å². The molecule has 1 heterocycles. The van der Waals surface area contributed by atoms with Crippen LogP contribution in [-0.2, 0) is 6.42 Å². The van der Waals surface area contributed by atoms with Crippen LogP contribution in [0.3, 0.4) is 0 Å². The highest BCUT2D eigenvalue weighted by Gasteiger charge is 2.12. The number of aryl methyl sites for hydroxylation is 1. The number of carboxylic acid groups (broad SMARTS) is 1. The zero-order valence-corrected chi connectivity index (χ0v) is 10.0. The van der Waals surface area contributed by atoms with E-state index in [2.05, 4.69) is 23.7 Å². The van der Waals surface area contributed by atoms with Crippen molar-refractivity contribution in [1.29, 1.82) is 0 Å². The predicted octanol–water partition coefficient (Wildman–Crippen LogP) is 2.19. The van der Waals surface area contributed by atoms with Crippen LogP contribution in [0.4, 0.5) is 5.82 Å². The van der Waals surface area contributed by atoms with Crippen LogP contribution < -0.4 is 4.90 Å². The van der Waals surface area contributed by atoms with Crippen LogP contribution in [0, 0.1) is 0 Å². The Morgan fingerprint density at radius 1 is 1.38 bits per heavy atom. The Balaban J connectivity index is 3.15. The summed E-state index contributed by atoms with van der Waals surface area (Å²) in [4.78, 5) is 17.2. The summed E-state index contributed by atoms with van der Waals surface area (Å²) >= 11 is 0. The Bertz CT molecular complexity index is 373. The van der Waals surface area contributed by atoms with E-state index in [-0.39, 0.29) is 5.56 Å². The molecule has 0 atom stereocenters. The second kappa shape index (κ2) is 5.49. The van der Waals surface area contributed by atoms with E-state index in [9.17, 15) is 4.79 Å². The molecular weight excluding hydrogens is 204 g/mol. The van der Waals surface area contributed by atoms with Gasteiger partial charge in [0.15, 0.2) is 0 Å². The summed E-state index contributed by atoms with van der Waals surface area (Å²) in [6, 6.07) is 1.71. The number of carboxylic acids is 1. The van der Waals surface area contributed by atoms with E-state index in [0.29, 0.717) is 0 Å². The molecule has 0 unspecified atom stereocenters. The van der Waals surface area contributed by atoms with Crippen LogP contribution >= 0.6 is 0 Å². The van der Waals surface area contributed by atoms with Gasteiger partial charge in [0.25, 0.3) is 0 Å². The van der Waals surface area contributed by atoms with Gasteiger partial charge in [-0.2, -0.15) is 0 Å². The largest absolute Gasteiger partial charge is 0.478 e. The molecule has 0 amide bonds. The number of aromatic nitrogens is 1. The van der Waals surface area contributed by atoms with Crippen molar-refractivity contribution >= 4 is 11.8 Å². The summed E-state index contributed by atoms with van der Waals surface area (Å²) in [6.45, 7) is 7.90. The van der Waals surface area contributed by atoms with Gasteiger partial charge < -0.3 is 10.0 Å². The molecular formula is C12H18N2O2. The van der Waals surface area contributed by atoms with Crippen molar-refractivity contribution in [3.05, 3.63) is 23.4 Å². The van der Waals surface area contributed by atoms with Crippen LogP contribution in [0.5, 0.6) is 0 Å². The molecule has 0 aliphatic heterocycles. The molecule has 0 aliphatic rings. The van der Waals surface area contributed by atoms with Gasteiger partial charge in [0.05, 0.1) is 5.56 Å². The summed E-state index contributed by atoms with van der Waals surface area (Å²) in [6.07, 6.45) is 2.22. The van der Waals surface area contributed by atoms with Gasteiger partial charge in [-0.15, -0.1) is 0 Å². The van der Waals surface area contributed by atoms with Crippen molar-refractivity contribution in [2.24, 2.45) is 0 Å². The molecule has 0 spiro atoms. The molecule has 0 aliphatic carbocycles. The van der Waals surface area contributed by atoms with Crippen molar-refractivity contribution in [2.75, 3.05) is 18.0 Å². The number of carbonyl (C=O) groups is 1. The first-order chi connectivity index (χ1) is 7.63. The second-order valence-corrected chi connectivity index (χ2v) is 3.54. The summed E-state index contributed by atoms with van der Waals surface area (Å²) < 4.78 is 0. The van der Waals surface area contributed by atoms with Gasteiger partial charge in [-0.1, -0.05) is 6.92 Å². The van der Waals surface area contributed by atoms with Crippen molar-refractivity contribution < 1.29 is 9.90 Å². The van der Waals surface area contributed by atoms with E-state index in [1.807, 2.05) is 6.92 Å². The van der Waals surface area contributed by atoms with Gasteiger partial charge in [0.2, 0.25) is 0 Å². The molecule has 1 aromatic rings. The first-order valence-electron chi connectivity index (χ1n) is 5.61. The molecule has 1 aromatic heterocycles. The lowest BCUT2D eigenvalue weighted by molar-refractivity contribution is 0.0696. The van der Waals surface area contributed by atoms with Crippen molar-refractivity contribution in [3.8, 4) is 0 Å². The molecule has 0 aromatic carbocycles. The van der Waals surface area contributed by atoms with E-state index in [4.69, 9.17) is 5.11 Å². The highest BCUT2D eigenvalue weighted by Crippen LogP contribution is 2.19. The molecule has 0 fully saturated rings. The maximum absolute atomic E-state index is 10.8. The van der Waals surface area contributed by atoms with E-state index in [0.717, 1.165) is 30.9 Å². The van der Waals surface area contributed by atoms with Crippen molar-refractivity contribution in [3.63, 3.8) is 0 Å². The standard InChI is InChI=1S/C12H18N2O2/c1-4-9-7-10(12(15)16)8-13-11(9)14(5-2)6-3/h7-8H,4-6H2,1-3H3,(H,15,16). The Morgan fingerprint density at radius 2 is 2.00 bits per heavy atom. The van der Waals surface area contributed by atoms with Crippen LogP contribution in [-0.4, -0.2) is 29.1 Å². The zero-order chi connectivity index (χ0) is 12.1. The molecule has 1 N–H and O–H groups in total. The van der Waals surface area contributed by atoms with Gasteiger partial charge in [0, 0.05) is 19.3 Å². The van der Waals surface area contributed by atoms with Gasteiger partial charge in [-0.3, -0.25) is 0 Å². The maximum Gasteiger partial charge on any atom is 0.337 e. The molecule has 4 nitrogen and oxygen atoms in total. The minimum absolute atomic E-state index is 0.257. The van der Waals surface area contributed by atoms with Gasteiger partial charge in [-0.05, 0) is 31.9 Å². The fourth-order valence-corrected chi connectivity index (χ4v) is 1.69. The number of hydrogen-bond donors (Lipinski definition) is 1. The molecule has 0 saturated heterocycles. The molecule has 88 valence electrons. The summed E-state index contributed by atoms with van der Waals surface area (Å²) in [5.74, 6) is -0.0224. The third-order valence-electron chi connectivity index (χ3n) is 2.63. The first kappa shape index (κ1) is 12.5. The monoisotopic (exact) mass is 222 g/mol. The van der Waals surface area contributed by atoms with E-state index >= 15 is 0 Å². The lowest BCUT2D eigenvalue weighted by Gasteiger charge is -2.22. The minimum atomic E-state index is -0.923. The third-order valence-corrected chi connectivity index (χ3v) is 2.63. The molecule has 0 saturated carbocycles. The quantitative estimate of drug-likeness (QED) is 0.829. The number of anilines is 1. The normalized spacial score (nSPS) is 10.2. The fourth-order valence-electron chi connectivity index (χ4n) is 1.69. The third kappa shape index (κ3) is 2.51. The SMILES string of the molecule is CCc1cc(C(=O)O)cnc1N(CC)CC.